The van der Waals surface area contributed by atoms with Gasteiger partial charge in [-0.1, -0.05) is 30.3 Å². The summed E-state index contributed by atoms with van der Waals surface area (Å²) < 4.78 is 0. The Balaban J connectivity index is 2.14. The van der Waals surface area contributed by atoms with E-state index in [9.17, 15) is 9.59 Å². The first-order valence-corrected chi connectivity index (χ1v) is 6.33. The molecule has 1 aliphatic carbocycles. The van der Waals surface area contributed by atoms with Crippen molar-refractivity contribution >= 4 is 22.3 Å². The van der Waals surface area contributed by atoms with Gasteiger partial charge in [0, 0.05) is 28.3 Å². The van der Waals surface area contributed by atoms with Gasteiger partial charge < -0.3 is 0 Å². The quantitative estimate of drug-likeness (QED) is 0.630. The van der Waals surface area contributed by atoms with Gasteiger partial charge in [0.25, 0.3) is 0 Å². The van der Waals surface area contributed by atoms with E-state index in [0.717, 1.165) is 22.0 Å². The van der Waals surface area contributed by atoms with Crippen LogP contribution in [0, 0.1) is 0 Å². The molecule has 0 atom stereocenters. The highest BCUT2D eigenvalue weighted by atomic mass is 16.2. The average Bonchev–Trinajstić information content (AvgIpc) is 2.76. The Labute approximate surface area is 114 Å². The number of pyridine rings is 1. The number of hydrogen-bond acceptors (Lipinski definition) is 3. The predicted molar refractivity (Wildman–Crippen MR) is 75.8 cm³/mol. The third kappa shape index (κ3) is 1.32. The lowest BCUT2D eigenvalue weighted by molar-refractivity contribution is 0.0825. The number of carbonyl (C=O) groups is 2. The van der Waals surface area contributed by atoms with Crippen molar-refractivity contribution in [2.75, 3.05) is 0 Å². The molecule has 3 aromatic rings. The summed E-state index contributed by atoms with van der Waals surface area (Å²) in [7, 11) is 0. The van der Waals surface area contributed by atoms with Crippen molar-refractivity contribution in [3.63, 3.8) is 0 Å². The van der Waals surface area contributed by atoms with Gasteiger partial charge in [-0.15, -0.1) is 0 Å². The molecule has 1 heterocycles. The highest BCUT2D eigenvalue weighted by Gasteiger charge is 2.31. The number of benzene rings is 2. The largest absolute Gasteiger partial charge is 0.285 e. The monoisotopic (exact) mass is 259 g/mol. The zero-order chi connectivity index (χ0) is 13.7. The summed E-state index contributed by atoms with van der Waals surface area (Å²) in [6.45, 7) is 0. The molecular weight excluding hydrogens is 250 g/mol. The SMILES string of the molecule is O=C1C(=O)c2ccc(-c3ccccn3)c3cccc1c23. The highest BCUT2D eigenvalue weighted by Crippen LogP contribution is 2.36. The van der Waals surface area contributed by atoms with Crippen LogP contribution in [0.2, 0.25) is 0 Å². The summed E-state index contributed by atoms with van der Waals surface area (Å²) >= 11 is 0. The van der Waals surface area contributed by atoms with Crippen molar-refractivity contribution in [2.24, 2.45) is 0 Å². The van der Waals surface area contributed by atoms with Crippen LogP contribution >= 0.6 is 0 Å². The second-order valence-electron chi connectivity index (χ2n) is 4.76. The van der Waals surface area contributed by atoms with E-state index in [0.29, 0.717) is 11.1 Å². The van der Waals surface area contributed by atoms with Crippen LogP contribution in [-0.2, 0) is 0 Å². The fourth-order valence-electron chi connectivity index (χ4n) is 2.78. The summed E-state index contributed by atoms with van der Waals surface area (Å²) in [6.07, 6.45) is 1.73. The standard InChI is InChI=1S/C17H9NO2/c19-16-12-5-3-4-11-10(14-6-1-2-9-18-14)7-8-13(15(11)12)17(16)20/h1-9H. The second kappa shape index (κ2) is 3.84. The van der Waals surface area contributed by atoms with E-state index in [-0.39, 0.29) is 0 Å². The minimum Gasteiger partial charge on any atom is -0.285 e. The molecule has 20 heavy (non-hydrogen) atoms. The van der Waals surface area contributed by atoms with E-state index >= 15 is 0 Å². The van der Waals surface area contributed by atoms with Crippen LogP contribution in [0.5, 0.6) is 0 Å². The molecule has 1 aromatic heterocycles. The lowest BCUT2D eigenvalue weighted by atomic mass is 9.98. The van der Waals surface area contributed by atoms with Gasteiger partial charge in [-0.3, -0.25) is 14.6 Å². The van der Waals surface area contributed by atoms with Crippen LogP contribution < -0.4 is 0 Å². The van der Waals surface area contributed by atoms with Gasteiger partial charge in [0.15, 0.2) is 0 Å². The van der Waals surface area contributed by atoms with Crippen molar-refractivity contribution in [1.29, 1.82) is 0 Å². The van der Waals surface area contributed by atoms with E-state index < -0.39 is 11.6 Å². The minimum absolute atomic E-state index is 0.413. The summed E-state index contributed by atoms with van der Waals surface area (Å²) in [5.41, 5.74) is 2.78. The summed E-state index contributed by atoms with van der Waals surface area (Å²) in [4.78, 5) is 28.3. The molecule has 94 valence electrons. The molecule has 0 saturated heterocycles. The Bertz CT molecular complexity index is 862. The maximum absolute atomic E-state index is 12.0. The summed E-state index contributed by atoms with van der Waals surface area (Å²) in [5.74, 6) is -0.826. The van der Waals surface area contributed by atoms with E-state index in [2.05, 4.69) is 4.98 Å². The minimum atomic E-state index is -0.413. The van der Waals surface area contributed by atoms with Gasteiger partial charge in [0.1, 0.15) is 0 Å². The molecule has 4 rings (SSSR count). The topological polar surface area (TPSA) is 47.0 Å². The van der Waals surface area contributed by atoms with E-state index in [1.54, 1.807) is 18.3 Å². The van der Waals surface area contributed by atoms with Crippen LogP contribution in [0.1, 0.15) is 20.7 Å². The number of rotatable bonds is 1. The van der Waals surface area contributed by atoms with Crippen molar-refractivity contribution in [3.05, 3.63) is 65.9 Å². The normalized spacial score (nSPS) is 13.2. The molecular formula is C17H9NO2. The number of aromatic nitrogens is 1. The van der Waals surface area contributed by atoms with Gasteiger partial charge in [-0.2, -0.15) is 0 Å². The number of carbonyl (C=O) groups excluding carboxylic acids is 2. The van der Waals surface area contributed by atoms with Crippen LogP contribution in [0.3, 0.4) is 0 Å². The van der Waals surface area contributed by atoms with Crippen molar-refractivity contribution in [2.45, 2.75) is 0 Å². The molecule has 0 fully saturated rings. The van der Waals surface area contributed by atoms with Crippen LogP contribution in [0.25, 0.3) is 22.0 Å². The molecule has 3 heteroatoms. The molecule has 0 bridgehead atoms. The second-order valence-corrected chi connectivity index (χ2v) is 4.76. The summed E-state index contributed by atoms with van der Waals surface area (Å²) in [5, 5.41) is 1.66. The van der Waals surface area contributed by atoms with Gasteiger partial charge in [0.2, 0.25) is 11.6 Å². The molecule has 2 aromatic carbocycles. The summed E-state index contributed by atoms with van der Waals surface area (Å²) in [6, 6.07) is 14.7. The fraction of sp³-hybridized carbons (Fsp3) is 0. The molecule has 0 aliphatic heterocycles. The lowest BCUT2D eigenvalue weighted by Crippen LogP contribution is -2.05. The van der Waals surface area contributed by atoms with Gasteiger partial charge in [-0.25, -0.2) is 0 Å². The first-order valence-electron chi connectivity index (χ1n) is 6.33. The fourth-order valence-corrected chi connectivity index (χ4v) is 2.78. The van der Waals surface area contributed by atoms with E-state index in [1.807, 2.05) is 36.4 Å². The Hall–Kier alpha value is -2.81. The van der Waals surface area contributed by atoms with E-state index in [1.165, 1.54) is 0 Å². The first kappa shape index (κ1) is 11.1. The Morgan fingerprint density at radius 1 is 0.700 bits per heavy atom. The first-order chi connectivity index (χ1) is 9.77. The molecule has 3 nitrogen and oxygen atoms in total. The highest BCUT2D eigenvalue weighted by molar-refractivity contribution is 6.57. The molecule has 0 unspecified atom stereocenters. The molecule has 0 amide bonds. The number of hydrogen-bond donors (Lipinski definition) is 0. The molecule has 0 saturated carbocycles. The van der Waals surface area contributed by atoms with Gasteiger partial charge >= 0.3 is 0 Å². The van der Waals surface area contributed by atoms with Crippen LogP contribution in [0.4, 0.5) is 0 Å². The smallest absolute Gasteiger partial charge is 0.234 e. The maximum atomic E-state index is 12.0. The Morgan fingerprint density at radius 2 is 1.45 bits per heavy atom. The van der Waals surface area contributed by atoms with Crippen molar-refractivity contribution in [3.8, 4) is 11.3 Å². The van der Waals surface area contributed by atoms with Gasteiger partial charge in [0.05, 0.1) is 5.69 Å². The predicted octanol–water partition coefficient (Wildman–Crippen LogP) is 3.28. The average molecular weight is 259 g/mol. The lowest BCUT2D eigenvalue weighted by Gasteiger charge is -2.07. The van der Waals surface area contributed by atoms with Crippen molar-refractivity contribution < 1.29 is 9.59 Å². The molecule has 0 spiro atoms. The zero-order valence-corrected chi connectivity index (χ0v) is 10.5. The van der Waals surface area contributed by atoms with Crippen LogP contribution in [0.15, 0.2) is 54.7 Å². The van der Waals surface area contributed by atoms with Gasteiger partial charge in [-0.05, 0) is 23.6 Å². The molecule has 0 radical (unpaired) electrons. The van der Waals surface area contributed by atoms with Crippen molar-refractivity contribution in [1.82, 2.24) is 4.98 Å². The number of ketones is 2. The van der Waals surface area contributed by atoms with Crippen LogP contribution in [-0.4, -0.2) is 16.6 Å². The number of nitrogens with zero attached hydrogens (tertiary/aromatic N) is 1. The zero-order valence-electron chi connectivity index (χ0n) is 10.5. The molecule has 1 aliphatic rings. The van der Waals surface area contributed by atoms with E-state index in [4.69, 9.17) is 0 Å². The third-order valence-corrected chi connectivity index (χ3v) is 3.68. The number of Topliss-reactive ketones (excluding diaryl/α,β-unsaturated/α-hetero) is 2. The third-order valence-electron chi connectivity index (χ3n) is 3.68. The maximum Gasteiger partial charge on any atom is 0.234 e. The Morgan fingerprint density at radius 3 is 2.20 bits per heavy atom. The molecule has 0 N–H and O–H groups in total. The Kier molecular flexibility index (Phi) is 2.12.